The lowest BCUT2D eigenvalue weighted by Gasteiger charge is -2.18. The number of halogens is 1. The smallest absolute Gasteiger partial charge is 0.221 e. The Labute approximate surface area is 116 Å². The molecule has 5 nitrogen and oxygen atoms in total. The van der Waals surface area contributed by atoms with E-state index in [0.717, 1.165) is 29.1 Å². The van der Waals surface area contributed by atoms with Crippen LogP contribution in [0.2, 0.25) is 0 Å². The highest BCUT2D eigenvalue weighted by atomic mass is 79.9. The van der Waals surface area contributed by atoms with Crippen molar-refractivity contribution in [1.29, 1.82) is 0 Å². The minimum absolute atomic E-state index is 0.0313. The van der Waals surface area contributed by atoms with Gasteiger partial charge in [-0.15, -0.1) is 0 Å². The minimum Gasteiger partial charge on any atom is -0.359 e. The molecule has 0 saturated carbocycles. The standard InChI is InChI=1S/C12H19BrN4O/c1-4-5-10-15-9(13)8-11(16-10)17(3)7-6-12(18)14-2/h8H,4-7H2,1-3H3,(H,14,18). The maximum absolute atomic E-state index is 11.2. The number of aromatic nitrogens is 2. The van der Waals surface area contributed by atoms with E-state index in [1.807, 2.05) is 18.0 Å². The quantitative estimate of drug-likeness (QED) is 0.813. The van der Waals surface area contributed by atoms with Crippen molar-refractivity contribution in [2.24, 2.45) is 0 Å². The number of hydrogen-bond acceptors (Lipinski definition) is 4. The van der Waals surface area contributed by atoms with Gasteiger partial charge in [-0.1, -0.05) is 6.92 Å². The summed E-state index contributed by atoms with van der Waals surface area (Å²) in [4.78, 5) is 22.0. The zero-order valence-corrected chi connectivity index (χ0v) is 12.6. The molecule has 1 heterocycles. The van der Waals surface area contributed by atoms with Crippen molar-refractivity contribution in [1.82, 2.24) is 15.3 Å². The number of anilines is 1. The molecule has 1 rings (SSSR count). The van der Waals surface area contributed by atoms with Gasteiger partial charge >= 0.3 is 0 Å². The van der Waals surface area contributed by atoms with Gasteiger partial charge in [0.05, 0.1) is 0 Å². The van der Waals surface area contributed by atoms with E-state index in [0.29, 0.717) is 13.0 Å². The molecule has 0 aliphatic rings. The lowest BCUT2D eigenvalue weighted by Crippen LogP contribution is -2.27. The summed E-state index contributed by atoms with van der Waals surface area (Å²) >= 11 is 3.39. The molecule has 0 unspecified atom stereocenters. The average Bonchev–Trinajstić information content (AvgIpc) is 2.35. The summed E-state index contributed by atoms with van der Waals surface area (Å²) < 4.78 is 0.780. The summed E-state index contributed by atoms with van der Waals surface area (Å²) in [6.45, 7) is 2.73. The Morgan fingerprint density at radius 2 is 2.22 bits per heavy atom. The van der Waals surface area contributed by atoms with Crippen molar-refractivity contribution < 1.29 is 4.79 Å². The fraction of sp³-hybridized carbons (Fsp3) is 0.583. The van der Waals surface area contributed by atoms with E-state index in [9.17, 15) is 4.79 Å². The maximum atomic E-state index is 11.2. The molecule has 0 aliphatic heterocycles. The molecule has 1 aromatic rings. The second kappa shape index (κ2) is 7.31. The summed E-state index contributed by atoms with van der Waals surface area (Å²) in [5.41, 5.74) is 0. The number of rotatable bonds is 6. The maximum Gasteiger partial charge on any atom is 0.221 e. The van der Waals surface area contributed by atoms with Crippen LogP contribution >= 0.6 is 15.9 Å². The fourth-order valence-electron chi connectivity index (χ4n) is 1.49. The summed E-state index contributed by atoms with van der Waals surface area (Å²) in [5, 5.41) is 2.61. The first-order chi connectivity index (χ1) is 8.56. The monoisotopic (exact) mass is 314 g/mol. The molecule has 0 spiro atoms. The highest BCUT2D eigenvalue weighted by Gasteiger charge is 2.08. The van der Waals surface area contributed by atoms with E-state index >= 15 is 0 Å². The third-order valence-electron chi connectivity index (χ3n) is 2.55. The number of nitrogens with one attached hydrogen (secondary N) is 1. The molecule has 1 aromatic heterocycles. The first-order valence-corrected chi connectivity index (χ1v) is 6.81. The third-order valence-corrected chi connectivity index (χ3v) is 2.95. The van der Waals surface area contributed by atoms with Crippen molar-refractivity contribution >= 4 is 27.7 Å². The van der Waals surface area contributed by atoms with E-state index in [2.05, 4.69) is 38.1 Å². The van der Waals surface area contributed by atoms with E-state index in [1.54, 1.807) is 7.05 Å². The lowest BCUT2D eigenvalue weighted by atomic mass is 10.3. The zero-order valence-electron chi connectivity index (χ0n) is 11.0. The first-order valence-electron chi connectivity index (χ1n) is 6.02. The largest absolute Gasteiger partial charge is 0.359 e. The Morgan fingerprint density at radius 1 is 1.50 bits per heavy atom. The molecule has 0 radical (unpaired) electrons. The van der Waals surface area contributed by atoms with Gasteiger partial charge in [0.25, 0.3) is 0 Å². The van der Waals surface area contributed by atoms with Crippen molar-refractivity contribution in [2.75, 3.05) is 25.5 Å². The minimum atomic E-state index is 0.0313. The molecule has 18 heavy (non-hydrogen) atoms. The van der Waals surface area contributed by atoms with Crippen molar-refractivity contribution in [3.8, 4) is 0 Å². The van der Waals surface area contributed by atoms with Crippen molar-refractivity contribution in [2.45, 2.75) is 26.2 Å². The Balaban J connectivity index is 2.72. The molecule has 100 valence electrons. The topological polar surface area (TPSA) is 58.1 Å². The van der Waals surface area contributed by atoms with Gasteiger partial charge in [0.15, 0.2) is 0 Å². The Bertz CT molecular complexity index is 411. The average molecular weight is 315 g/mol. The van der Waals surface area contributed by atoms with Crippen molar-refractivity contribution in [3.63, 3.8) is 0 Å². The first kappa shape index (κ1) is 14.9. The molecule has 0 saturated heterocycles. The van der Waals surface area contributed by atoms with Gasteiger partial charge in [0, 0.05) is 39.5 Å². The van der Waals surface area contributed by atoms with E-state index in [-0.39, 0.29) is 5.91 Å². The van der Waals surface area contributed by atoms with Crippen LogP contribution in [0.4, 0.5) is 5.82 Å². The second-order valence-electron chi connectivity index (χ2n) is 4.06. The fourth-order valence-corrected chi connectivity index (χ4v) is 1.90. The third kappa shape index (κ3) is 4.60. The van der Waals surface area contributed by atoms with E-state index in [1.165, 1.54) is 0 Å². The second-order valence-corrected chi connectivity index (χ2v) is 4.87. The number of amides is 1. The normalized spacial score (nSPS) is 10.2. The highest BCUT2D eigenvalue weighted by Crippen LogP contribution is 2.16. The molecular weight excluding hydrogens is 296 g/mol. The van der Waals surface area contributed by atoms with Gasteiger partial charge in [-0.3, -0.25) is 4.79 Å². The number of carbonyl (C=O) groups excluding carboxylic acids is 1. The molecule has 0 bridgehead atoms. The number of aryl methyl sites for hydroxylation is 1. The Kier molecular flexibility index (Phi) is 6.04. The van der Waals surface area contributed by atoms with Gasteiger partial charge in [0.2, 0.25) is 5.91 Å². The van der Waals surface area contributed by atoms with Gasteiger partial charge in [-0.25, -0.2) is 9.97 Å². The van der Waals surface area contributed by atoms with Crippen LogP contribution < -0.4 is 10.2 Å². The summed E-state index contributed by atoms with van der Waals surface area (Å²) in [6, 6.07) is 1.86. The number of nitrogens with zero attached hydrogens (tertiary/aromatic N) is 3. The highest BCUT2D eigenvalue weighted by molar-refractivity contribution is 9.10. The van der Waals surface area contributed by atoms with E-state index < -0.39 is 0 Å². The Hall–Kier alpha value is -1.17. The zero-order chi connectivity index (χ0) is 13.5. The van der Waals surface area contributed by atoms with Crippen LogP contribution in [0.25, 0.3) is 0 Å². The Morgan fingerprint density at radius 3 is 2.83 bits per heavy atom. The van der Waals surface area contributed by atoms with Crippen LogP contribution in [0.3, 0.4) is 0 Å². The summed E-state index contributed by atoms with van der Waals surface area (Å²) in [5.74, 6) is 1.70. The molecule has 0 aliphatic carbocycles. The molecule has 1 amide bonds. The molecule has 0 aromatic carbocycles. The van der Waals surface area contributed by atoms with Gasteiger partial charge in [-0.2, -0.15) is 0 Å². The van der Waals surface area contributed by atoms with Crippen LogP contribution in [-0.2, 0) is 11.2 Å². The van der Waals surface area contributed by atoms with Crippen LogP contribution in [0, 0.1) is 0 Å². The molecular formula is C12H19BrN4O. The lowest BCUT2D eigenvalue weighted by molar-refractivity contribution is -0.120. The SMILES string of the molecule is CCCc1nc(Br)cc(N(C)CCC(=O)NC)n1. The molecule has 0 atom stereocenters. The van der Waals surface area contributed by atoms with Crippen LogP contribution in [0.5, 0.6) is 0 Å². The van der Waals surface area contributed by atoms with Crippen molar-refractivity contribution in [3.05, 3.63) is 16.5 Å². The van der Waals surface area contributed by atoms with Crippen LogP contribution in [0.15, 0.2) is 10.7 Å². The molecule has 6 heteroatoms. The molecule has 0 fully saturated rings. The molecule has 1 N–H and O–H groups in total. The van der Waals surface area contributed by atoms with Gasteiger partial charge in [-0.05, 0) is 22.4 Å². The van der Waals surface area contributed by atoms with Gasteiger partial charge in [0.1, 0.15) is 16.2 Å². The van der Waals surface area contributed by atoms with E-state index in [4.69, 9.17) is 0 Å². The van der Waals surface area contributed by atoms with Crippen LogP contribution in [0.1, 0.15) is 25.6 Å². The predicted molar refractivity (Wildman–Crippen MR) is 75.7 cm³/mol. The number of carbonyl (C=O) groups is 1. The van der Waals surface area contributed by atoms with Gasteiger partial charge < -0.3 is 10.2 Å². The predicted octanol–water partition coefficient (Wildman–Crippen LogP) is 1.76. The summed E-state index contributed by atoms with van der Waals surface area (Å²) in [6.07, 6.45) is 2.32. The van der Waals surface area contributed by atoms with Crippen LogP contribution in [-0.4, -0.2) is 36.5 Å². The number of hydrogen-bond donors (Lipinski definition) is 1. The summed E-state index contributed by atoms with van der Waals surface area (Å²) in [7, 11) is 3.57.